The van der Waals surface area contributed by atoms with Crippen molar-refractivity contribution in [2.24, 2.45) is 0 Å². The van der Waals surface area contributed by atoms with Crippen LogP contribution in [0.5, 0.6) is 0 Å². The monoisotopic (exact) mass is 276 g/mol. The number of hydrogen-bond acceptors (Lipinski definition) is 6. The predicted octanol–water partition coefficient (Wildman–Crippen LogP) is 2.97. The van der Waals surface area contributed by atoms with Gasteiger partial charge < -0.3 is 5.32 Å². The van der Waals surface area contributed by atoms with Crippen molar-refractivity contribution in [3.05, 3.63) is 46.6 Å². The number of nitrogens with zero attached hydrogens (tertiary/aromatic N) is 3. The van der Waals surface area contributed by atoms with Crippen LogP contribution in [0.25, 0.3) is 0 Å². The van der Waals surface area contributed by atoms with Crippen LogP contribution in [0.3, 0.4) is 0 Å². The van der Waals surface area contributed by atoms with E-state index in [-0.39, 0.29) is 5.69 Å². The number of nitrogens with one attached hydrogen (secondary N) is 1. The highest BCUT2D eigenvalue weighted by Gasteiger charge is 2.14. The number of nitro groups is 1. The lowest BCUT2D eigenvalue weighted by atomic mass is 10.3. The first-order valence-corrected chi connectivity index (χ1v) is 6.50. The second kappa shape index (κ2) is 6.14. The van der Waals surface area contributed by atoms with Crippen molar-refractivity contribution in [1.82, 2.24) is 9.97 Å². The zero-order chi connectivity index (χ0) is 13.7. The van der Waals surface area contributed by atoms with E-state index < -0.39 is 4.92 Å². The average molecular weight is 276 g/mol. The number of aromatic nitrogens is 2. The largest absolute Gasteiger partial charge is 0.354 e. The molecular weight excluding hydrogens is 264 g/mol. The second-order valence-corrected chi connectivity index (χ2v) is 4.64. The van der Waals surface area contributed by atoms with Gasteiger partial charge in [0.25, 0.3) is 5.69 Å². The number of anilines is 1. The van der Waals surface area contributed by atoms with Crippen LogP contribution in [0.15, 0.2) is 46.5 Å². The third kappa shape index (κ3) is 3.41. The molecule has 0 fully saturated rings. The fourth-order valence-electron chi connectivity index (χ4n) is 1.45. The van der Waals surface area contributed by atoms with Crippen LogP contribution >= 0.6 is 11.8 Å². The highest BCUT2D eigenvalue weighted by atomic mass is 32.2. The van der Waals surface area contributed by atoms with Gasteiger partial charge in [-0.3, -0.25) is 10.1 Å². The minimum Gasteiger partial charge on any atom is -0.354 e. The van der Waals surface area contributed by atoms with Gasteiger partial charge >= 0.3 is 0 Å². The van der Waals surface area contributed by atoms with Crippen LogP contribution in [-0.2, 0) is 0 Å². The fourth-order valence-corrected chi connectivity index (χ4v) is 2.33. The third-order valence-electron chi connectivity index (χ3n) is 2.24. The number of hydrogen-bond donors (Lipinski definition) is 1. The Balaban J connectivity index is 2.26. The molecule has 0 amide bonds. The van der Waals surface area contributed by atoms with E-state index in [2.05, 4.69) is 15.3 Å². The van der Waals surface area contributed by atoms with Crippen LogP contribution in [0.4, 0.5) is 11.6 Å². The molecule has 1 heterocycles. The Morgan fingerprint density at radius 1 is 1.37 bits per heavy atom. The molecule has 1 aromatic carbocycles. The average Bonchev–Trinajstić information content (AvgIpc) is 2.40. The first kappa shape index (κ1) is 13.3. The Hall–Kier alpha value is -2.15. The van der Waals surface area contributed by atoms with E-state index in [0.717, 1.165) is 6.54 Å². The Bertz CT molecular complexity index is 591. The summed E-state index contributed by atoms with van der Waals surface area (Å²) in [6.07, 6.45) is 1.63. The molecule has 0 unspecified atom stereocenters. The third-order valence-corrected chi connectivity index (χ3v) is 3.24. The zero-order valence-corrected chi connectivity index (χ0v) is 11.1. The van der Waals surface area contributed by atoms with Crippen molar-refractivity contribution >= 4 is 23.4 Å². The minimum atomic E-state index is -0.394. The molecule has 0 saturated carbocycles. The first-order chi connectivity index (χ1) is 9.20. The minimum absolute atomic E-state index is 0.0797. The van der Waals surface area contributed by atoms with Gasteiger partial charge in [-0.1, -0.05) is 23.9 Å². The molecule has 1 aromatic heterocycles. The Morgan fingerprint density at radius 3 is 2.89 bits per heavy atom. The predicted molar refractivity (Wildman–Crippen MR) is 73.4 cm³/mol. The van der Waals surface area contributed by atoms with Crippen LogP contribution in [-0.4, -0.2) is 21.4 Å². The van der Waals surface area contributed by atoms with Crippen LogP contribution < -0.4 is 5.32 Å². The molecule has 7 heteroatoms. The van der Waals surface area contributed by atoms with E-state index in [1.165, 1.54) is 17.8 Å². The summed E-state index contributed by atoms with van der Waals surface area (Å²) in [5.41, 5.74) is 0.0797. The maximum Gasteiger partial charge on any atom is 0.283 e. The van der Waals surface area contributed by atoms with Crippen molar-refractivity contribution in [2.45, 2.75) is 16.8 Å². The fraction of sp³-hybridized carbons (Fsp3) is 0.167. The Morgan fingerprint density at radius 2 is 2.16 bits per heavy atom. The van der Waals surface area contributed by atoms with E-state index in [4.69, 9.17) is 0 Å². The molecular formula is C12H12N4O2S. The van der Waals surface area contributed by atoms with Crippen molar-refractivity contribution in [3.63, 3.8) is 0 Å². The van der Waals surface area contributed by atoms with Crippen molar-refractivity contribution in [1.29, 1.82) is 0 Å². The van der Waals surface area contributed by atoms with Gasteiger partial charge in [-0.25, -0.2) is 9.97 Å². The lowest BCUT2D eigenvalue weighted by Gasteiger charge is -2.04. The standard InChI is InChI=1S/C12H12N4O2S/c1-2-13-12-14-8-7-11(15-12)19-10-6-4-3-5-9(10)16(17)18/h3-8H,2H2,1H3,(H,13,14,15). The highest BCUT2D eigenvalue weighted by molar-refractivity contribution is 7.99. The summed E-state index contributed by atoms with van der Waals surface area (Å²) in [4.78, 5) is 19.4. The molecule has 1 N–H and O–H groups in total. The number of para-hydroxylation sites is 1. The van der Waals surface area contributed by atoms with Gasteiger partial charge in [0, 0.05) is 18.8 Å². The molecule has 0 radical (unpaired) electrons. The SMILES string of the molecule is CCNc1nccc(Sc2ccccc2[N+](=O)[O-])n1. The molecule has 0 spiro atoms. The summed E-state index contributed by atoms with van der Waals surface area (Å²) in [6, 6.07) is 8.32. The van der Waals surface area contributed by atoms with E-state index in [1.54, 1.807) is 30.5 Å². The summed E-state index contributed by atoms with van der Waals surface area (Å²) >= 11 is 1.25. The first-order valence-electron chi connectivity index (χ1n) is 5.69. The molecule has 0 aliphatic rings. The van der Waals surface area contributed by atoms with Gasteiger partial charge in [0.1, 0.15) is 5.03 Å². The van der Waals surface area contributed by atoms with Crippen LogP contribution in [0.1, 0.15) is 6.92 Å². The summed E-state index contributed by atoms with van der Waals surface area (Å²) in [7, 11) is 0. The Kier molecular flexibility index (Phi) is 4.30. The van der Waals surface area contributed by atoms with Gasteiger partial charge in [-0.15, -0.1) is 0 Å². The van der Waals surface area contributed by atoms with E-state index in [0.29, 0.717) is 15.9 Å². The molecule has 0 atom stereocenters. The summed E-state index contributed by atoms with van der Waals surface area (Å²) < 4.78 is 0. The van der Waals surface area contributed by atoms with E-state index >= 15 is 0 Å². The summed E-state index contributed by atoms with van der Waals surface area (Å²) in [5.74, 6) is 0.520. The van der Waals surface area contributed by atoms with E-state index in [1.807, 2.05) is 6.92 Å². The Labute approximate surface area is 114 Å². The number of rotatable bonds is 5. The molecule has 98 valence electrons. The van der Waals surface area contributed by atoms with E-state index in [9.17, 15) is 10.1 Å². The van der Waals surface area contributed by atoms with Crippen molar-refractivity contribution in [3.8, 4) is 0 Å². The molecule has 2 rings (SSSR count). The normalized spacial score (nSPS) is 10.2. The topological polar surface area (TPSA) is 81.0 Å². The number of nitro benzene ring substituents is 1. The quantitative estimate of drug-likeness (QED) is 0.513. The molecule has 0 saturated heterocycles. The van der Waals surface area contributed by atoms with Gasteiger partial charge in [-0.05, 0) is 19.1 Å². The molecule has 6 nitrogen and oxygen atoms in total. The molecule has 0 aliphatic heterocycles. The van der Waals surface area contributed by atoms with Crippen LogP contribution in [0, 0.1) is 10.1 Å². The summed E-state index contributed by atoms with van der Waals surface area (Å²) in [5, 5.41) is 14.6. The maximum atomic E-state index is 10.9. The lowest BCUT2D eigenvalue weighted by molar-refractivity contribution is -0.387. The smallest absolute Gasteiger partial charge is 0.283 e. The van der Waals surface area contributed by atoms with Gasteiger partial charge in [0.15, 0.2) is 0 Å². The number of benzene rings is 1. The summed E-state index contributed by atoms with van der Waals surface area (Å²) in [6.45, 7) is 2.67. The molecule has 19 heavy (non-hydrogen) atoms. The van der Waals surface area contributed by atoms with Crippen molar-refractivity contribution in [2.75, 3.05) is 11.9 Å². The molecule has 0 bridgehead atoms. The van der Waals surface area contributed by atoms with Crippen LogP contribution in [0.2, 0.25) is 0 Å². The molecule has 2 aromatic rings. The maximum absolute atomic E-state index is 10.9. The van der Waals surface area contributed by atoms with Gasteiger partial charge in [0.2, 0.25) is 5.95 Å². The zero-order valence-electron chi connectivity index (χ0n) is 10.2. The highest BCUT2D eigenvalue weighted by Crippen LogP contribution is 2.33. The van der Waals surface area contributed by atoms with Gasteiger partial charge in [-0.2, -0.15) is 0 Å². The van der Waals surface area contributed by atoms with Crippen molar-refractivity contribution < 1.29 is 4.92 Å². The lowest BCUT2D eigenvalue weighted by Crippen LogP contribution is -2.01. The second-order valence-electron chi connectivity index (χ2n) is 3.58. The molecule has 0 aliphatic carbocycles. The van der Waals surface area contributed by atoms with Gasteiger partial charge in [0.05, 0.1) is 9.82 Å².